The Hall–Kier alpha value is -1.13. The zero-order valence-corrected chi connectivity index (χ0v) is 8.93. The maximum Gasteiger partial charge on any atom is 0.762 e. The lowest BCUT2D eigenvalue weighted by atomic mass is 10.0. The molecule has 84 valence electrons. The van der Waals surface area contributed by atoms with Gasteiger partial charge < -0.3 is 5.73 Å². The first-order chi connectivity index (χ1) is 7.02. The molecule has 0 spiro atoms. The number of hydrogen-bond acceptors (Lipinski definition) is 1. The molecule has 0 aliphatic rings. The molecule has 0 heterocycles. The number of anilines is 1. The number of nitrogens with two attached hydrogens (primary N) is 1. The SMILES string of the molecule is CCc1cccc(CC)c1N.FB(F)F. The van der Waals surface area contributed by atoms with Crippen molar-refractivity contribution in [3.63, 3.8) is 0 Å². The van der Waals surface area contributed by atoms with Crippen LogP contribution in [0.2, 0.25) is 0 Å². The van der Waals surface area contributed by atoms with Gasteiger partial charge in [0.1, 0.15) is 0 Å². The van der Waals surface area contributed by atoms with Crippen molar-refractivity contribution in [2.45, 2.75) is 26.7 Å². The van der Waals surface area contributed by atoms with Gasteiger partial charge in [0.15, 0.2) is 0 Å². The Bertz CT molecular complexity index is 267. The smallest absolute Gasteiger partial charge is 0.398 e. The predicted octanol–water partition coefficient (Wildman–Crippen LogP) is 3.27. The summed E-state index contributed by atoms with van der Waals surface area (Å²) in [4.78, 5) is 0. The van der Waals surface area contributed by atoms with Gasteiger partial charge in [-0.05, 0) is 24.0 Å². The van der Waals surface area contributed by atoms with E-state index in [0.717, 1.165) is 18.5 Å². The van der Waals surface area contributed by atoms with E-state index in [0.29, 0.717) is 0 Å². The van der Waals surface area contributed by atoms with E-state index in [1.165, 1.54) is 11.1 Å². The van der Waals surface area contributed by atoms with Crippen molar-refractivity contribution < 1.29 is 12.9 Å². The van der Waals surface area contributed by atoms with Gasteiger partial charge in [0, 0.05) is 5.69 Å². The molecule has 5 heteroatoms. The number of aryl methyl sites for hydroxylation is 2. The molecule has 1 rings (SSSR count). The Kier molecular flexibility index (Phi) is 6.66. The third-order valence-corrected chi connectivity index (χ3v) is 2.05. The lowest BCUT2D eigenvalue weighted by molar-refractivity contribution is 0.535. The van der Waals surface area contributed by atoms with Gasteiger partial charge >= 0.3 is 7.54 Å². The third kappa shape index (κ3) is 5.35. The standard InChI is InChI=1S/C10H15N.BF3/c1-3-8-6-5-7-9(4-2)10(8)11;2-1(3)4/h5-7H,3-4,11H2,1-2H3;. The second-order valence-electron chi connectivity index (χ2n) is 2.94. The third-order valence-electron chi connectivity index (χ3n) is 2.05. The van der Waals surface area contributed by atoms with Crippen molar-refractivity contribution in [3.05, 3.63) is 29.3 Å². The van der Waals surface area contributed by atoms with Gasteiger partial charge in [-0.25, -0.2) is 0 Å². The molecular formula is C10H15BF3N. The van der Waals surface area contributed by atoms with E-state index < -0.39 is 7.54 Å². The topological polar surface area (TPSA) is 26.0 Å². The molecule has 15 heavy (non-hydrogen) atoms. The van der Waals surface area contributed by atoms with Crippen LogP contribution >= 0.6 is 0 Å². The molecule has 0 fully saturated rings. The molecule has 1 aromatic carbocycles. The highest BCUT2D eigenvalue weighted by atomic mass is 19.4. The summed E-state index contributed by atoms with van der Waals surface area (Å²) in [5.41, 5.74) is 9.42. The van der Waals surface area contributed by atoms with Crippen LogP contribution in [0.15, 0.2) is 18.2 Å². The van der Waals surface area contributed by atoms with Gasteiger partial charge in [-0.1, -0.05) is 32.0 Å². The van der Waals surface area contributed by atoms with Crippen LogP contribution in [0.4, 0.5) is 18.6 Å². The van der Waals surface area contributed by atoms with E-state index in [-0.39, 0.29) is 0 Å². The van der Waals surface area contributed by atoms with Crippen molar-refractivity contribution in [2.75, 3.05) is 5.73 Å². The Morgan fingerprint density at radius 2 is 1.40 bits per heavy atom. The predicted molar refractivity (Wildman–Crippen MR) is 58.7 cm³/mol. The fraction of sp³-hybridized carbons (Fsp3) is 0.400. The summed E-state index contributed by atoms with van der Waals surface area (Å²) in [6.45, 7) is 4.26. The number of hydrogen-bond donors (Lipinski definition) is 1. The van der Waals surface area contributed by atoms with Gasteiger partial charge in [-0.3, -0.25) is 12.9 Å². The molecule has 0 aromatic heterocycles. The highest BCUT2D eigenvalue weighted by molar-refractivity contribution is 6.33. The first kappa shape index (κ1) is 13.9. The van der Waals surface area contributed by atoms with Crippen molar-refractivity contribution >= 4 is 13.2 Å². The lowest BCUT2D eigenvalue weighted by Crippen LogP contribution is -1.97. The summed E-state index contributed by atoms with van der Waals surface area (Å²) < 4.78 is 29.0. The van der Waals surface area contributed by atoms with Gasteiger partial charge in [0.25, 0.3) is 0 Å². The molecule has 0 saturated heterocycles. The number of para-hydroxylation sites is 1. The zero-order chi connectivity index (χ0) is 11.8. The minimum Gasteiger partial charge on any atom is -0.398 e. The molecule has 0 atom stereocenters. The quantitative estimate of drug-likeness (QED) is 0.597. The van der Waals surface area contributed by atoms with Crippen molar-refractivity contribution in [3.8, 4) is 0 Å². The molecule has 0 aliphatic carbocycles. The van der Waals surface area contributed by atoms with Crippen LogP contribution in [-0.2, 0) is 12.8 Å². The molecular weight excluding hydrogens is 202 g/mol. The zero-order valence-electron chi connectivity index (χ0n) is 8.93. The van der Waals surface area contributed by atoms with Gasteiger partial charge in [0.2, 0.25) is 0 Å². The fourth-order valence-corrected chi connectivity index (χ4v) is 1.28. The molecule has 1 aromatic rings. The van der Waals surface area contributed by atoms with E-state index in [1.54, 1.807) is 0 Å². The van der Waals surface area contributed by atoms with Crippen LogP contribution in [0.1, 0.15) is 25.0 Å². The summed E-state index contributed by atoms with van der Waals surface area (Å²) in [6.07, 6.45) is 2.05. The molecule has 0 saturated carbocycles. The van der Waals surface area contributed by atoms with Crippen LogP contribution in [0.25, 0.3) is 0 Å². The highest BCUT2D eigenvalue weighted by Crippen LogP contribution is 2.17. The summed E-state index contributed by atoms with van der Waals surface area (Å²) in [5, 5.41) is 0. The van der Waals surface area contributed by atoms with Gasteiger partial charge in [-0.15, -0.1) is 0 Å². The molecule has 2 N–H and O–H groups in total. The van der Waals surface area contributed by atoms with Crippen LogP contribution in [0, 0.1) is 0 Å². The molecule has 0 amide bonds. The normalized spacial score (nSPS) is 9.13. The summed E-state index contributed by atoms with van der Waals surface area (Å²) in [5.74, 6) is 0. The Morgan fingerprint density at radius 1 is 1.07 bits per heavy atom. The summed E-state index contributed by atoms with van der Waals surface area (Å²) in [7, 11) is -3.67. The van der Waals surface area contributed by atoms with Crippen molar-refractivity contribution in [1.82, 2.24) is 0 Å². The van der Waals surface area contributed by atoms with Gasteiger partial charge in [-0.2, -0.15) is 0 Å². The first-order valence-corrected chi connectivity index (χ1v) is 4.81. The van der Waals surface area contributed by atoms with E-state index in [4.69, 9.17) is 5.73 Å². The van der Waals surface area contributed by atoms with E-state index in [2.05, 4.69) is 32.0 Å². The minimum absolute atomic E-state index is 0.984. The largest absolute Gasteiger partial charge is 0.762 e. The van der Waals surface area contributed by atoms with E-state index in [9.17, 15) is 12.9 Å². The molecule has 1 nitrogen and oxygen atoms in total. The second-order valence-corrected chi connectivity index (χ2v) is 2.94. The first-order valence-electron chi connectivity index (χ1n) is 4.81. The average molecular weight is 217 g/mol. The van der Waals surface area contributed by atoms with E-state index >= 15 is 0 Å². The van der Waals surface area contributed by atoms with E-state index in [1.807, 2.05) is 0 Å². The number of halogens is 3. The minimum atomic E-state index is -3.67. The monoisotopic (exact) mass is 217 g/mol. The fourth-order valence-electron chi connectivity index (χ4n) is 1.28. The molecule has 0 radical (unpaired) electrons. The van der Waals surface area contributed by atoms with Crippen LogP contribution in [0.5, 0.6) is 0 Å². The lowest BCUT2D eigenvalue weighted by Gasteiger charge is -2.06. The van der Waals surface area contributed by atoms with Crippen molar-refractivity contribution in [2.24, 2.45) is 0 Å². The maximum absolute atomic E-state index is 9.67. The van der Waals surface area contributed by atoms with Crippen LogP contribution in [-0.4, -0.2) is 7.54 Å². The maximum atomic E-state index is 9.67. The van der Waals surface area contributed by atoms with Crippen LogP contribution in [0.3, 0.4) is 0 Å². The number of nitrogen functional groups attached to an aromatic ring is 1. The van der Waals surface area contributed by atoms with Crippen molar-refractivity contribution in [1.29, 1.82) is 0 Å². The summed E-state index contributed by atoms with van der Waals surface area (Å²) in [6, 6.07) is 6.26. The van der Waals surface area contributed by atoms with Gasteiger partial charge in [0.05, 0.1) is 0 Å². The molecule has 0 bridgehead atoms. The number of rotatable bonds is 2. The second kappa shape index (κ2) is 7.20. The number of benzene rings is 1. The molecule has 0 unspecified atom stereocenters. The van der Waals surface area contributed by atoms with Crippen LogP contribution < -0.4 is 5.73 Å². The Morgan fingerprint density at radius 3 is 1.67 bits per heavy atom. The highest BCUT2D eigenvalue weighted by Gasteiger charge is 2.06. The Labute approximate surface area is 88.7 Å². The average Bonchev–Trinajstić information content (AvgIpc) is 2.17. The molecule has 0 aliphatic heterocycles. The summed E-state index contributed by atoms with van der Waals surface area (Å²) >= 11 is 0. The Balaban J connectivity index is 0.000000423.